The van der Waals surface area contributed by atoms with Gasteiger partial charge in [-0.2, -0.15) is 0 Å². The van der Waals surface area contributed by atoms with Crippen molar-refractivity contribution in [2.24, 2.45) is 0 Å². The molecule has 108 valence electrons. The summed E-state index contributed by atoms with van der Waals surface area (Å²) in [6, 6.07) is 2.78. The van der Waals surface area contributed by atoms with Gasteiger partial charge in [0.1, 0.15) is 6.04 Å². The fourth-order valence-electron chi connectivity index (χ4n) is 2.24. The first-order chi connectivity index (χ1) is 9.59. The van der Waals surface area contributed by atoms with Crippen molar-refractivity contribution < 1.29 is 19.5 Å². The van der Waals surface area contributed by atoms with E-state index in [1.54, 1.807) is 12.1 Å². The summed E-state index contributed by atoms with van der Waals surface area (Å²) in [5, 5.41) is 13.5. The number of likely N-dealkylation sites (tertiary alicyclic amines) is 1. The van der Waals surface area contributed by atoms with E-state index >= 15 is 0 Å². The summed E-state index contributed by atoms with van der Waals surface area (Å²) in [6.45, 7) is 0.701. The number of carbonyl (C=O) groups excluding carboxylic acids is 2. The van der Waals surface area contributed by atoms with E-state index in [1.165, 1.54) is 16.2 Å². The highest BCUT2D eigenvalue weighted by atomic mass is 32.1. The largest absolute Gasteiger partial charge is 0.480 e. The summed E-state index contributed by atoms with van der Waals surface area (Å²) in [7, 11) is 0. The first-order valence-corrected chi connectivity index (χ1v) is 7.31. The van der Waals surface area contributed by atoms with E-state index in [-0.39, 0.29) is 24.8 Å². The average Bonchev–Trinajstić information content (AvgIpc) is 3.09. The molecule has 6 nitrogen and oxygen atoms in total. The summed E-state index contributed by atoms with van der Waals surface area (Å²) in [5.74, 6) is -1.39. The fourth-order valence-corrected chi connectivity index (χ4v) is 2.88. The molecule has 1 fully saturated rings. The van der Waals surface area contributed by atoms with Gasteiger partial charge in [0.05, 0.1) is 4.88 Å². The highest BCUT2D eigenvalue weighted by molar-refractivity contribution is 7.12. The zero-order valence-electron chi connectivity index (χ0n) is 10.9. The molecule has 1 saturated heterocycles. The number of nitrogens with one attached hydrogen (secondary N) is 1. The Morgan fingerprint density at radius 1 is 1.45 bits per heavy atom. The second-order valence-corrected chi connectivity index (χ2v) is 5.51. The summed E-state index contributed by atoms with van der Waals surface area (Å²) < 4.78 is 0. The molecule has 0 radical (unpaired) electrons. The predicted molar refractivity (Wildman–Crippen MR) is 73.6 cm³/mol. The normalized spacial score (nSPS) is 18.0. The van der Waals surface area contributed by atoms with Gasteiger partial charge in [0.25, 0.3) is 5.91 Å². The SMILES string of the molecule is O=C(NCCC(=O)N1CCCC1C(=O)O)c1cccs1. The number of hydrogen-bond donors (Lipinski definition) is 2. The molecule has 0 aliphatic carbocycles. The van der Waals surface area contributed by atoms with Crippen molar-refractivity contribution in [3.63, 3.8) is 0 Å². The number of amides is 2. The summed E-state index contributed by atoms with van der Waals surface area (Å²) >= 11 is 1.33. The Labute approximate surface area is 120 Å². The monoisotopic (exact) mass is 296 g/mol. The van der Waals surface area contributed by atoms with Gasteiger partial charge in [-0.15, -0.1) is 11.3 Å². The van der Waals surface area contributed by atoms with Gasteiger partial charge in [-0.05, 0) is 24.3 Å². The Hall–Kier alpha value is -1.89. The van der Waals surface area contributed by atoms with Crippen molar-refractivity contribution in [1.29, 1.82) is 0 Å². The van der Waals surface area contributed by atoms with E-state index in [2.05, 4.69) is 5.32 Å². The third-order valence-corrected chi connectivity index (χ3v) is 4.10. The van der Waals surface area contributed by atoms with Gasteiger partial charge >= 0.3 is 5.97 Å². The smallest absolute Gasteiger partial charge is 0.326 e. The van der Waals surface area contributed by atoms with Crippen LogP contribution in [0.15, 0.2) is 17.5 Å². The number of carboxylic acid groups (broad SMARTS) is 1. The minimum Gasteiger partial charge on any atom is -0.480 e. The zero-order valence-corrected chi connectivity index (χ0v) is 11.7. The quantitative estimate of drug-likeness (QED) is 0.846. The minimum absolute atomic E-state index is 0.126. The zero-order chi connectivity index (χ0) is 14.5. The number of hydrogen-bond acceptors (Lipinski definition) is 4. The van der Waals surface area contributed by atoms with Crippen LogP contribution in [0.5, 0.6) is 0 Å². The van der Waals surface area contributed by atoms with Crippen molar-refractivity contribution >= 4 is 29.1 Å². The lowest BCUT2D eigenvalue weighted by Crippen LogP contribution is -2.41. The van der Waals surface area contributed by atoms with Crippen molar-refractivity contribution in [1.82, 2.24) is 10.2 Å². The lowest BCUT2D eigenvalue weighted by Gasteiger charge is -2.21. The van der Waals surface area contributed by atoms with Crippen LogP contribution in [0.4, 0.5) is 0 Å². The number of aliphatic carboxylic acids is 1. The van der Waals surface area contributed by atoms with Crippen LogP contribution < -0.4 is 5.32 Å². The molecule has 1 aromatic rings. The maximum absolute atomic E-state index is 11.9. The average molecular weight is 296 g/mol. The first-order valence-electron chi connectivity index (χ1n) is 6.43. The molecule has 2 heterocycles. The Kier molecular flexibility index (Phi) is 4.73. The van der Waals surface area contributed by atoms with E-state index in [4.69, 9.17) is 5.11 Å². The van der Waals surface area contributed by atoms with Crippen LogP contribution in [-0.2, 0) is 9.59 Å². The molecule has 1 aliphatic rings. The molecule has 0 spiro atoms. The fraction of sp³-hybridized carbons (Fsp3) is 0.462. The van der Waals surface area contributed by atoms with Crippen LogP contribution >= 0.6 is 11.3 Å². The van der Waals surface area contributed by atoms with Gasteiger partial charge in [-0.3, -0.25) is 9.59 Å². The Bertz CT molecular complexity index is 500. The van der Waals surface area contributed by atoms with E-state index in [9.17, 15) is 14.4 Å². The van der Waals surface area contributed by atoms with Gasteiger partial charge in [-0.25, -0.2) is 4.79 Å². The van der Waals surface area contributed by atoms with Crippen LogP contribution in [-0.4, -0.2) is 46.9 Å². The number of thiophene rings is 1. The summed E-state index contributed by atoms with van der Waals surface area (Å²) in [5.41, 5.74) is 0. The Morgan fingerprint density at radius 2 is 2.25 bits per heavy atom. The molecular formula is C13H16N2O4S. The number of carboxylic acids is 1. The van der Waals surface area contributed by atoms with Crippen LogP contribution in [0.1, 0.15) is 28.9 Å². The lowest BCUT2D eigenvalue weighted by atomic mass is 10.2. The van der Waals surface area contributed by atoms with Gasteiger partial charge in [-0.1, -0.05) is 6.07 Å². The highest BCUT2D eigenvalue weighted by Gasteiger charge is 2.33. The van der Waals surface area contributed by atoms with Crippen LogP contribution in [0, 0.1) is 0 Å². The highest BCUT2D eigenvalue weighted by Crippen LogP contribution is 2.18. The lowest BCUT2D eigenvalue weighted by molar-refractivity contribution is -0.148. The second-order valence-electron chi connectivity index (χ2n) is 4.57. The van der Waals surface area contributed by atoms with Crippen molar-refractivity contribution in [3.05, 3.63) is 22.4 Å². The van der Waals surface area contributed by atoms with Crippen molar-refractivity contribution in [2.75, 3.05) is 13.1 Å². The van der Waals surface area contributed by atoms with Gasteiger partial charge in [0.2, 0.25) is 5.91 Å². The number of rotatable bonds is 5. The minimum atomic E-state index is -0.960. The third kappa shape index (κ3) is 3.36. The van der Waals surface area contributed by atoms with E-state index in [1.807, 2.05) is 5.38 Å². The molecule has 1 unspecified atom stereocenters. The predicted octanol–water partition coefficient (Wildman–Crippen LogP) is 0.944. The molecule has 7 heteroatoms. The van der Waals surface area contributed by atoms with Crippen LogP contribution in [0.3, 0.4) is 0 Å². The standard InChI is InChI=1S/C13H16N2O4S/c16-11(15-7-1-3-9(15)13(18)19)5-6-14-12(17)10-4-2-8-20-10/h2,4,8-9H,1,3,5-7H2,(H,14,17)(H,18,19). The molecule has 0 saturated carbocycles. The molecular weight excluding hydrogens is 280 g/mol. The Morgan fingerprint density at radius 3 is 2.90 bits per heavy atom. The molecule has 2 N–H and O–H groups in total. The van der Waals surface area contributed by atoms with E-state index in [0.717, 1.165) is 0 Å². The molecule has 1 aromatic heterocycles. The molecule has 2 amide bonds. The second kappa shape index (κ2) is 6.51. The number of carbonyl (C=O) groups is 3. The van der Waals surface area contributed by atoms with Gasteiger partial charge < -0.3 is 15.3 Å². The molecule has 20 heavy (non-hydrogen) atoms. The molecule has 1 atom stereocenters. The van der Waals surface area contributed by atoms with Crippen LogP contribution in [0.2, 0.25) is 0 Å². The third-order valence-electron chi connectivity index (χ3n) is 3.23. The maximum atomic E-state index is 11.9. The van der Waals surface area contributed by atoms with Crippen LogP contribution in [0.25, 0.3) is 0 Å². The molecule has 1 aliphatic heterocycles. The maximum Gasteiger partial charge on any atom is 0.326 e. The number of nitrogens with zero attached hydrogens (tertiary/aromatic N) is 1. The summed E-state index contributed by atoms with van der Waals surface area (Å²) in [4.78, 5) is 36.6. The Balaban J connectivity index is 1.78. The van der Waals surface area contributed by atoms with E-state index < -0.39 is 12.0 Å². The topological polar surface area (TPSA) is 86.7 Å². The molecule has 0 aromatic carbocycles. The first kappa shape index (κ1) is 14.5. The molecule has 2 rings (SSSR count). The van der Waals surface area contributed by atoms with Crippen molar-refractivity contribution in [2.45, 2.75) is 25.3 Å². The van der Waals surface area contributed by atoms with Gasteiger partial charge in [0, 0.05) is 19.5 Å². The van der Waals surface area contributed by atoms with Crippen molar-refractivity contribution in [3.8, 4) is 0 Å². The van der Waals surface area contributed by atoms with Gasteiger partial charge in [0.15, 0.2) is 0 Å². The molecule has 0 bridgehead atoms. The van der Waals surface area contributed by atoms with E-state index in [0.29, 0.717) is 24.3 Å². The summed E-state index contributed by atoms with van der Waals surface area (Å²) in [6.07, 6.45) is 1.34.